The molecule has 0 spiro atoms. The van der Waals surface area contributed by atoms with Gasteiger partial charge in [-0.15, -0.1) is 6.42 Å². The van der Waals surface area contributed by atoms with Crippen LogP contribution in [-0.2, 0) is 6.18 Å². The molecule has 4 heteroatoms. The molecule has 0 aliphatic carbocycles. The Labute approximate surface area is 119 Å². The van der Waals surface area contributed by atoms with Crippen LogP contribution in [0.4, 0.5) is 13.2 Å². The number of nitrogens with one attached hydrogen (secondary N) is 1. The Kier molecular flexibility index (Phi) is 2.99. The number of terminal acetylenes is 1. The number of rotatable bonds is 1. The highest BCUT2D eigenvalue weighted by molar-refractivity contribution is 5.97. The van der Waals surface area contributed by atoms with Crippen LogP contribution in [0.3, 0.4) is 0 Å². The number of hydrogen-bond acceptors (Lipinski definition) is 0. The molecule has 0 fully saturated rings. The molecule has 3 aromatic rings. The Morgan fingerprint density at radius 3 is 2.48 bits per heavy atom. The summed E-state index contributed by atoms with van der Waals surface area (Å²) in [6.07, 6.45) is 2.54. The maximum atomic E-state index is 13.1. The zero-order valence-corrected chi connectivity index (χ0v) is 10.8. The lowest BCUT2D eigenvalue weighted by Crippen LogP contribution is -2.06. The first-order chi connectivity index (χ1) is 10.0. The van der Waals surface area contributed by atoms with Gasteiger partial charge >= 0.3 is 6.18 Å². The fourth-order valence-corrected chi connectivity index (χ4v) is 2.40. The van der Waals surface area contributed by atoms with E-state index in [9.17, 15) is 13.2 Å². The summed E-state index contributed by atoms with van der Waals surface area (Å²) in [7, 11) is 0. The second-order valence-corrected chi connectivity index (χ2v) is 4.65. The van der Waals surface area contributed by atoms with Gasteiger partial charge in [-0.05, 0) is 29.8 Å². The van der Waals surface area contributed by atoms with Gasteiger partial charge in [0.2, 0.25) is 0 Å². The Morgan fingerprint density at radius 2 is 1.76 bits per heavy atom. The molecule has 21 heavy (non-hydrogen) atoms. The number of H-pyrrole nitrogens is 1. The predicted octanol–water partition coefficient (Wildman–Crippen LogP) is 4.84. The van der Waals surface area contributed by atoms with E-state index in [0.717, 1.165) is 11.6 Å². The molecule has 0 atom stereocenters. The monoisotopic (exact) mass is 285 g/mol. The maximum absolute atomic E-state index is 13.1. The molecule has 0 saturated heterocycles. The van der Waals surface area contributed by atoms with Crippen molar-refractivity contribution in [3.05, 3.63) is 59.8 Å². The molecule has 0 radical (unpaired) electrons. The summed E-state index contributed by atoms with van der Waals surface area (Å²) >= 11 is 0. The van der Waals surface area contributed by atoms with Gasteiger partial charge in [0.15, 0.2) is 0 Å². The highest BCUT2D eigenvalue weighted by Gasteiger charge is 2.33. The Balaban J connectivity index is 2.29. The van der Waals surface area contributed by atoms with Crippen molar-refractivity contribution in [3.63, 3.8) is 0 Å². The van der Waals surface area contributed by atoms with Crippen LogP contribution in [0.1, 0.15) is 11.1 Å². The summed E-state index contributed by atoms with van der Waals surface area (Å²) in [5, 5.41) is 0.683. The number of fused-ring (bicyclic) bond motifs is 1. The summed E-state index contributed by atoms with van der Waals surface area (Å²) in [5.41, 5.74) is 1.37. The molecule has 1 heterocycles. The van der Waals surface area contributed by atoms with Crippen LogP contribution in [-0.4, -0.2) is 4.98 Å². The van der Waals surface area contributed by atoms with Crippen LogP contribution in [0.15, 0.2) is 48.7 Å². The lowest BCUT2D eigenvalue weighted by atomic mass is 9.98. The van der Waals surface area contributed by atoms with Crippen LogP contribution in [0.25, 0.3) is 22.0 Å². The van der Waals surface area contributed by atoms with Crippen molar-refractivity contribution in [1.82, 2.24) is 4.98 Å². The topological polar surface area (TPSA) is 15.8 Å². The van der Waals surface area contributed by atoms with Gasteiger partial charge in [0.25, 0.3) is 0 Å². The van der Waals surface area contributed by atoms with Crippen LogP contribution in [0.2, 0.25) is 0 Å². The summed E-state index contributed by atoms with van der Waals surface area (Å²) in [6, 6.07) is 10.8. The molecule has 0 saturated carbocycles. The van der Waals surface area contributed by atoms with E-state index in [2.05, 4.69) is 10.9 Å². The van der Waals surface area contributed by atoms with E-state index in [1.807, 2.05) is 0 Å². The molecular weight excluding hydrogens is 275 g/mol. The van der Waals surface area contributed by atoms with E-state index >= 15 is 0 Å². The van der Waals surface area contributed by atoms with E-state index in [-0.39, 0.29) is 5.56 Å². The normalized spacial score (nSPS) is 11.5. The molecule has 0 aliphatic heterocycles. The van der Waals surface area contributed by atoms with Crippen molar-refractivity contribution < 1.29 is 13.2 Å². The maximum Gasteiger partial charge on any atom is 0.417 e. The van der Waals surface area contributed by atoms with Crippen LogP contribution in [0, 0.1) is 12.3 Å². The molecule has 0 aliphatic rings. The van der Waals surface area contributed by atoms with E-state index in [0.29, 0.717) is 16.5 Å². The fourth-order valence-electron chi connectivity index (χ4n) is 2.40. The molecule has 1 aromatic heterocycles. The summed E-state index contributed by atoms with van der Waals surface area (Å²) in [4.78, 5) is 2.98. The second kappa shape index (κ2) is 4.71. The minimum absolute atomic E-state index is 0.144. The van der Waals surface area contributed by atoms with Crippen molar-refractivity contribution in [2.45, 2.75) is 6.18 Å². The van der Waals surface area contributed by atoms with Gasteiger partial charge in [0.05, 0.1) is 5.56 Å². The zero-order valence-electron chi connectivity index (χ0n) is 10.8. The number of aromatic nitrogens is 1. The molecule has 1 N–H and O–H groups in total. The molecule has 104 valence electrons. The average molecular weight is 285 g/mol. The Hall–Kier alpha value is -2.67. The van der Waals surface area contributed by atoms with E-state index in [4.69, 9.17) is 6.42 Å². The fraction of sp³-hybridized carbons (Fsp3) is 0.0588. The number of alkyl halides is 3. The van der Waals surface area contributed by atoms with Crippen LogP contribution < -0.4 is 0 Å². The second-order valence-electron chi connectivity index (χ2n) is 4.65. The third-order valence-electron chi connectivity index (χ3n) is 3.37. The summed E-state index contributed by atoms with van der Waals surface area (Å²) in [5.74, 6) is 2.50. The molecule has 1 nitrogen and oxygen atoms in total. The minimum Gasteiger partial charge on any atom is -0.361 e. The van der Waals surface area contributed by atoms with Gasteiger partial charge in [-0.2, -0.15) is 13.2 Å². The number of benzene rings is 2. The van der Waals surface area contributed by atoms with Gasteiger partial charge in [-0.1, -0.05) is 24.1 Å². The minimum atomic E-state index is -4.40. The third kappa shape index (κ3) is 2.27. The Bertz CT molecular complexity index is 850. The lowest BCUT2D eigenvalue weighted by Gasteiger charge is -2.12. The van der Waals surface area contributed by atoms with Gasteiger partial charge in [-0.3, -0.25) is 0 Å². The lowest BCUT2D eigenvalue weighted by molar-refractivity contribution is -0.137. The molecule has 0 amide bonds. The SMILES string of the molecule is C#Cc1ccc2[nH]cc(-c3ccccc3C(F)(F)F)c2c1. The van der Waals surface area contributed by atoms with Crippen molar-refractivity contribution >= 4 is 10.9 Å². The van der Waals surface area contributed by atoms with Crippen molar-refractivity contribution in [1.29, 1.82) is 0 Å². The highest BCUT2D eigenvalue weighted by atomic mass is 19.4. The number of hydrogen-bond donors (Lipinski definition) is 1. The largest absolute Gasteiger partial charge is 0.417 e. The first-order valence-electron chi connectivity index (χ1n) is 6.25. The van der Waals surface area contributed by atoms with Gasteiger partial charge < -0.3 is 4.98 Å². The molecule has 0 unspecified atom stereocenters. The smallest absolute Gasteiger partial charge is 0.361 e. The van der Waals surface area contributed by atoms with E-state index in [1.165, 1.54) is 12.1 Å². The summed E-state index contributed by atoms with van der Waals surface area (Å²) in [6.45, 7) is 0. The quantitative estimate of drug-likeness (QED) is 0.616. The first-order valence-corrected chi connectivity index (χ1v) is 6.25. The number of aromatic amines is 1. The molecule has 3 rings (SSSR count). The van der Waals surface area contributed by atoms with Crippen LogP contribution in [0.5, 0.6) is 0 Å². The van der Waals surface area contributed by atoms with Crippen molar-refractivity contribution in [2.75, 3.05) is 0 Å². The van der Waals surface area contributed by atoms with Crippen molar-refractivity contribution in [2.24, 2.45) is 0 Å². The van der Waals surface area contributed by atoms with Crippen molar-refractivity contribution in [3.8, 4) is 23.5 Å². The van der Waals surface area contributed by atoms with E-state index in [1.54, 1.807) is 30.5 Å². The molecule has 2 aromatic carbocycles. The summed E-state index contributed by atoms with van der Waals surface area (Å²) < 4.78 is 39.4. The molecule has 0 bridgehead atoms. The Morgan fingerprint density at radius 1 is 1.00 bits per heavy atom. The first kappa shape index (κ1) is 13.3. The zero-order chi connectivity index (χ0) is 15.0. The number of halogens is 3. The average Bonchev–Trinajstić information content (AvgIpc) is 2.89. The van der Waals surface area contributed by atoms with Gasteiger partial charge in [-0.25, -0.2) is 0 Å². The molecular formula is C17H10F3N. The van der Waals surface area contributed by atoms with Gasteiger partial charge in [0, 0.05) is 28.2 Å². The highest BCUT2D eigenvalue weighted by Crippen LogP contribution is 2.39. The predicted molar refractivity (Wildman–Crippen MR) is 76.7 cm³/mol. The van der Waals surface area contributed by atoms with E-state index < -0.39 is 11.7 Å². The standard InChI is InChI=1S/C17H10F3N/c1-2-11-7-8-16-13(9-11)14(10-21-16)12-5-3-4-6-15(12)17(18,19)20/h1,3-10,21H. The van der Waals surface area contributed by atoms with Crippen LogP contribution >= 0.6 is 0 Å². The third-order valence-corrected chi connectivity index (χ3v) is 3.37. The van der Waals surface area contributed by atoms with Gasteiger partial charge in [0.1, 0.15) is 0 Å².